The number of nitrogens with zero attached hydrogens (tertiary/aromatic N) is 1. The first-order chi connectivity index (χ1) is 12.1. The van der Waals surface area contributed by atoms with E-state index < -0.39 is 0 Å². The molecular weight excluding hydrogens is 338 g/mol. The van der Waals surface area contributed by atoms with E-state index in [0.717, 1.165) is 30.2 Å². The van der Waals surface area contributed by atoms with Crippen LogP contribution >= 0.6 is 11.3 Å². The van der Waals surface area contributed by atoms with Crippen molar-refractivity contribution >= 4 is 17.3 Å². The Morgan fingerprint density at radius 1 is 1.40 bits per heavy atom. The van der Waals surface area contributed by atoms with Gasteiger partial charge in [-0.15, -0.1) is 11.3 Å². The van der Waals surface area contributed by atoms with Crippen molar-refractivity contribution in [1.82, 2.24) is 4.98 Å². The van der Waals surface area contributed by atoms with Crippen molar-refractivity contribution in [1.29, 1.82) is 0 Å². The third-order valence-electron chi connectivity index (χ3n) is 4.18. The van der Waals surface area contributed by atoms with Crippen LogP contribution in [0.25, 0.3) is 10.6 Å². The quantitative estimate of drug-likeness (QED) is 0.724. The average molecular weight is 361 g/mol. The smallest absolute Gasteiger partial charge is 0.338 e. The van der Waals surface area contributed by atoms with Gasteiger partial charge in [0.05, 0.1) is 25.9 Å². The highest BCUT2D eigenvalue weighted by atomic mass is 32.1. The number of thiazole rings is 1. The van der Waals surface area contributed by atoms with Crippen LogP contribution in [0.4, 0.5) is 0 Å². The molecule has 6 heteroatoms. The summed E-state index contributed by atoms with van der Waals surface area (Å²) in [5, 5.41) is 0.878. The summed E-state index contributed by atoms with van der Waals surface area (Å²) in [4.78, 5) is 17.7. The van der Waals surface area contributed by atoms with Crippen molar-refractivity contribution in [3.05, 3.63) is 34.8 Å². The number of rotatable bonds is 6. The van der Waals surface area contributed by atoms with Crippen LogP contribution in [0.3, 0.4) is 0 Å². The number of methoxy groups -OCH3 is 1. The highest BCUT2D eigenvalue weighted by Crippen LogP contribution is 2.32. The largest absolute Gasteiger partial charge is 0.493 e. The minimum absolute atomic E-state index is 0.378. The molecule has 1 aromatic carbocycles. The summed E-state index contributed by atoms with van der Waals surface area (Å²) in [6, 6.07) is 5.47. The Kier molecular flexibility index (Phi) is 5.71. The lowest BCUT2D eigenvalue weighted by Gasteiger charge is -2.12. The summed E-state index contributed by atoms with van der Waals surface area (Å²) in [5.74, 6) is 1.11. The van der Waals surface area contributed by atoms with Gasteiger partial charge in [-0.3, -0.25) is 0 Å². The summed E-state index contributed by atoms with van der Waals surface area (Å²) >= 11 is 1.64. The average Bonchev–Trinajstić information content (AvgIpc) is 3.30. The summed E-state index contributed by atoms with van der Waals surface area (Å²) in [6.45, 7) is 6.38. The molecule has 0 aliphatic carbocycles. The van der Waals surface area contributed by atoms with Crippen LogP contribution in [0.1, 0.15) is 41.4 Å². The maximum atomic E-state index is 12.0. The van der Waals surface area contributed by atoms with Gasteiger partial charge in [0.1, 0.15) is 10.8 Å². The molecule has 0 saturated carbocycles. The zero-order chi connectivity index (χ0) is 17.8. The van der Waals surface area contributed by atoms with E-state index in [2.05, 4.69) is 18.8 Å². The Labute approximate surface area is 151 Å². The highest BCUT2D eigenvalue weighted by Gasteiger charge is 2.18. The standard InChI is InChI=1S/C19H23NO4S/c1-12(2)17-9-20-18(25-17)14-6-15(19(21)22-3)8-16(7-14)24-11-13-4-5-23-10-13/h6-9,12-13H,4-5,10-11H2,1-3H3. The molecule has 2 heterocycles. The number of hydrogen-bond donors (Lipinski definition) is 0. The van der Waals surface area contributed by atoms with E-state index >= 15 is 0 Å². The molecule has 25 heavy (non-hydrogen) atoms. The molecule has 0 radical (unpaired) electrons. The van der Waals surface area contributed by atoms with Crippen LogP contribution in [-0.4, -0.2) is 37.9 Å². The Bertz CT molecular complexity index is 735. The fourth-order valence-electron chi connectivity index (χ4n) is 2.66. The monoisotopic (exact) mass is 361 g/mol. The van der Waals surface area contributed by atoms with E-state index in [4.69, 9.17) is 14.2 Å². The van der Waals surface area contributed by atoms with Gasteiger partial charge in [0.25, 0.3) is 0 Å². The van der Waals surface area contributed by atoms with Gasteiger partial charge in [-0.05, 0) is 30.5 Å². The molecule has 5 nitrogen and oxygen atoms in total. The molecule has 0 N–H and O–H groups in total. The first-order valence-corrected chi connectivity index (χ1v) is 9.28. The molecule has 3 rings (SSSR count). The zero-order valence-electron chi connectivity index (χ0n) is 14.8. The lowest BCUT2D eigenvalue weighted by molar-refractivity contribution is 0.0600. The number of esters is 1. The number of ether oxygens (including phenoxy) is 3. The van der Waals surface area contributed by atoms with Gasteiger partial charge >= 0.3 is 5.97 Å². The van der Waals surface area contributed by atoms with E-state index in [1.54, 1.807) is 23.5 Å². The molecular formula is C19H23NO4S. The van der Waals surface area contributed by atoms with E-state index in [9.17, 15) is 4.79 Å². The Morgan fingerprint density at radius 2 is 2.24 bits per heavy atom. The van der Waals surface area contributed by atoms with Crippen LogP contribution in [0.5, 0.6) is 5.75 Å². The number of carbonyl (C=O) groups excluding carboxylic acids is 1. The van der Waals surface area contributed by atoms with Gasteiger partial charge in [0.2, 0.25) is 0 Å². The maximum absolute atomic E-state index is 12.0. The van der Waals surface area contributed by atoms with Crippen molar-refractivity contribution in [2.24, 2.45) is 5.92 Å². The van der Waals surface area contributed by atoms with E-state index in [-0.39, 0.29) is 5.97 Å². The SMILES string of the molecule is COC(=O)c1cc(OCC2CCOC2)cc(-c2ncc(C(C)C)s2)c1. The molecule has 0 spiro atoms. The Hall–Kier alpha value is -1.92. The lowest BCUT2D eigenvalue weighted by atomic mass is 10.1. The minimum atomic E-state index is -0.378. The molecule has 1 aliphatic heterocycles. The molecule has 1 unspecified atom stereocenters. The van der Waals surface area contributed by atoms with Gasteiger partial charge in [0, 0.05) is 29.2 Å². The second-order valence-corrected chi connectivity index (χ2v) is 7.56. The topological polar surface area (TPSA) is 57.7 Å². The molecule has 1 saturated heterocycles. The van der Waals surface area contributed by atoms with Crippen molar-refractivity contribution in [3.63, 3.8) is 0 Å². The zero-order valence-corrected chi connectivity index (χ0v) is 15.6. The predicted octanol–water partition coefficient (Wildman–Crippen LogP) is 4.14. The summed E-state index contributed by atoms with van der Waals surface area (Å²) in [6.07, 6.45) is 2.90. The van der Waals surface area contributed by atoms with E-state index in [1.807, 2.05) is 12.3 Å². The molecule has 134 valence electrons. The Morgan fingerprint density at radius 3 is 2.88 bits per heavy atom. The number of benzene rings is 1. The van der Waals surface area contributed by atoms with Crippen LogP contribution in [0.15, 0.2) is 24.4 Å². The van der Waals surface area contributed by atoms with E-state index in [1.165, 1.54) is 12.0 Å². The van der Waals surface area contributed by atoms with Gasteiger partial charge in [-0.2, -0.15) is 0 Å². The third kappa shape index (κ3) is 4.38. The highest BCUT2D eigenvalue weighted by molar-refractivity contribution is 7.15. The van der Waals surface area contributed by atoms with Gasteiger partial charge < -0.3 is 14.2 Å². The minimum Gasteiger partial charge on any atom is -0.493 e. The summed E-state index contributed by atoms with van der Waals surface area (Å²) < 4.78 is 16.2. The van der Waals surface area contributed by atoms with Gasteiger partial charge in [-0.1, -0.05) is 13.8 Å². The first-order valence-electron chi connectivity index (χ1n) is 8.47. The predicted molar refractivity (Wildman–Crippen MR) is 97.4 cm³/mol. The van der Waals surface area contributed by atoms with Crippen molar-refractivity contribution in [2.75, 3.05) is 26.9 Å². The van der Waals surface area contributed by atoms with Crippen molar-refractivity contribution in [2.45, 2.75) is 26.2 Å². The molecule has 1 aliphatic rings. The summed E-state index contributed by atoms with van der Waals surface area (Å²) in [7, 11) is 1.38. The molecule has 1 fully saturated rings. The molecule has 1 aromatic heterocycles. The van der Waals surface area contributed by atoms with Crippen LogP contribution in [0.2, 0.25) is 0 Å². The third-order valence-corrected chi connectivity index (χ3v) is 5.52. The van der Waals surface area contributed by atoms with Crippen LogP contribution < -0.4 is 4.74 Å². The normalized spacial score (nSPS) is 17.0. The second kappa shape index (κ2) is 7.97. The van der Waals surface area contributed by atoms with Crippen molar-refractivity contribution < 1.29 is 19.0 Å². The fourth-order valence-corrected chi connectivity index (χ4v) is 3.56. The first kappa shape index (κ1) is 17.9. The second-order valence-electron chi connectivity index (χ2n) is 6.50. The Balaban J connectivity index is 1.87. The number of aromatic nitrogens is 1. The van der Waals surface area contributed by atoms with Crippen LogP contribution in [0, 0.1) is 5.92 Å². The molecule has 0 amide bonds. The number of hydrogen-bond acceptors (Lipinski definition) is 6. The van der Waals surface area contributed by atoms with Crippen molar-refractivity contribution in [3.8, 4) is 16.3 Å². The maximum Gasteiger partial charge on any atom is 0.338 e. The van der Waals surface area contributed by atoms with Crippen LogP contribution in [-0.2, 0) is 9.47 Å². The lowest BCUT2D eigenvalue weighted by Crippen LogP contribution is -2.12. The van der Waals surface area contributed by atoms with E-state index in [0.29, 0.717) is 29.8 Å². The van der Waals surface area contributed by atoms with Gasteiger partial charge in [-0.25, -0.2) is 9.78 Å². The molecule has 0 bridgehead atoms. The fraction of sp³-hybridized carbons (Fsp3) is 0.474. The number of carbonyl (C=O) groups is 1. The molecule has 1 atom stereocenters. The summed E-state index contributed by atoms with van der Waals surface area (Å²) in [5.41, 5.74) is 1.34. The van der Waals surface area contributed by atoms with Gasteiger partial charge in [0.15, 0.2) is 0 Å². The molecule has 2 aromatic rings.